The van der Waals surface area contributed by atoms with Crippen molar-refractivity contribution in [1.29, 1.82) is 0 Å². The number of benzene rings is 1. The maximum absolute atomic E-state index is 9.61. The van der Waals surface area contributed by atoms with Crippen LogP contribution >= 0.6 is 0 Å². The van der Waals surface area contributed by atoms with Crippen molar-refractivity contribution >= 4 is 11.0 Å². The predicted molar refractivity (Wildman–Crippen MR) is 87.4 cm³/mol. The van der Waals surface area contributed by atoms with Crippen molar-refractivity contribution in [1.82, 2.24) is 19.7 Å². The van der Waals surface area contributed by atoms with Gasteiger partial charge in [0.2, 0.25) is 0 Å². The van der Waals surface area contributed by atoms with E-state index in [4.69, 9.17) is 0 Å². The number of nitrogens with zero attached hydrogens (tertiary/aromatic N) is 3. The number of aliphatic hydroxyl groups is 1. The Morgan fingerprint density at radius 3 is 2.77 bits per heavy atom. The molecule has 22 heavy (non-hydrogen) atoms. The molecule has 3 rings (SSSR count). The molecule has 5 nitrogen and oxygen atoms in total. The zero-order valence-electron chi connectivity index (χ0n) is 13.2. The Kier molecular flexibility index (Phi) is 3.98. The van der Waals surface area contributed by atoms with Crippen molar-refractivity contribution in [2.75, 3.05) is 0 Å². The first-order valence-corrected chi connectivity index (χ1v) is 7.73. The normalized spacial score (nSPS) is 13.1. The molecule has 0 saturated carbocycles. The Morgan fingerprint density at radius 1 is 1.23 bits per heavy atom. The predicted octanol–water partition coefficient (Wildman–Crippen LogP) is 3.53. The minimum absolute atomic E-state index is 0.588. The Balaban J connectivity index is 1.86. The molecule has 0 aliphatic carbocycles. The monoisotopic (exact) mass is 298 g/mol. The third-order valence-corrected chi connectivity index (χ3v) is 3.80. The second-order valence-corrected chi connectivity index (χ2v) is 6.20. The molecule has 0 saturated heterocycles. The highest BCUT2D eigenvalue weighted by atomic mass is 16.3. The third-order valence-electron chi connectivity index (χ3n) is 3.80. The van der Waals surface area contributed by atoms with Crippen LogP contribution in [0.3, 0.4) is 0 Å². The topological polar surface area (TPSA) is 66.7 Å². The van der Waals surface area contributed by atoms with Crippen LogP contribution in [-0.4, -0.2) is 24.9 Å². The molecular weight excluding hydrogens is 276 g/mol. The van der Waals surface area contributed by atoms with Gasteiger partial charge in [-0.1, -0.05) is 19.9 Å². The van der Waals surface area contributed by atoms with Gasteiger partial charge in [-0.05, 0) is 37.0 Å². The van der Waals surface area contributed by atoms with Gasteiger partial charge in [0.25, 0.3) is 0 Å². The van der Waals surface area contributed by atoms with Crippen LogP contribution in [0.5, 0.6) is 0 Å². The second kappa shape index (κ2) is 5.93. The van der Waals surface area contributed by atoms with E-state index in [1.807, 2.05) is 23.0 Å². The quantitative estimate of drug-likeness (QED) is 0.757. The van der Waals surface area contributed by atoms with Crippen molar-refractivity contribution in [2.24, 2.45) is 5.92 Å². The number of aryl methyl sites for hydroxylation is 1. The minimum Gasteiger partial charge on any atom is -0.385 e. The number of aromatic nitrogens is 4. The fourth-order valence-electron chi connectivity index (χ4n) is 2.43. The van der Waals surface area contributed by atoms with Gasteiger partial charge < -0.3 is 10.1 Å². The lowest BCUT2D eigenvalue weighted by Crippen LogP contribution is -2.01. The minimum atomic E-state index is -0.588. The highest BCUT2D eigenvalue weighted by Gasteiger charge is 2.09. The molecule has 0 fully saturated rings. The van der Waals surface area contributed by atoms with Gasteiger partial charge in [0.15, 0.2) is 0 Å². The van der Waals surface area contributed by atoms with Crippen LogP contribution in [0, 0.1) is 5.92 Å². The summed E-state index contributed by atoms with van der Waals surface area (Å²) in [7, 11) is 0. The number of aromatic amines is 1. The van der Waals surface area contributed by atoms with Crippen molar-refractivity contribution in [3.05, 3.63) is 36.4 Å². The Bertz CT molecular complexity index is 770. The van der Waals surface area contributed by atoms with E-state index in [0.717, 1.165) is 35.1 Å². The molecule has 0 radical (unpaired) electrons. The first kappa shape index (κ1) is 14.8. The molecular formula is C17H22N4O. The van der Waals surface area contributed by atoms with Crippen molar-refractivity contribution in [3.8, 4) is 11.1 Å². The SMILES string of the molecule is CC(C)CCn1cc(-c2ccc3nc([C@@H](C)O)[nH]c3c2)cn1. The van der Waals surface area contributed by atoms with E-state index >= 15 is 0 Å². The number of H-pyrrole nitrogens is 1. The summed E-state index contributed by atoms with van der Waals surface area (Å²) >= 11 is 0. The molecule has 5 heteroatoms. The molecule has 2 heterocycles. The Hall–Kier alpha value is -2.14. The van der Waals surface area contributed by atoms with Gasteiger partial charge in [-0.2, -0.15) is 5.10 Å². The standard InChI is InChI=1S/C17H22N4O/c1-11(2)6-7-21-10-14(9-18-21)13-4-5-15-16(8-13)20-17(19-15)12(3)22/h4-5,8-12,22H,6-7H2,1-3H3,(H,19,20)/t12-/m1/s1. The van der Waals surface area contributed by atoms with Gasteiger partial charge in [0.1, 0.15) is 11.9 Å². The van der Waals surface area contributed by atoms with Gasteiger partial charge in [0.05, 0.1) is 17.2 Å². The lowest BCUT2D eigenvalue weighted by molar-refractivity contribution is 0.190. The van der Waals surface area contributed by atoms with E-state index < -0.39 is 6.10 Å². The number of aliphatic hydroxyl groups excluding tert-OH is 1. The zero-order chi connectivity index (χ0) is 15.7. The fourth-order valence-corrected chi connectivity index (χ4v) is 2.43. The number of hydrogen-bond donors (Lipinski definition) is 2. The summed E-state index contributed by atoms with van der Waals surface area (Å²) in [6.07, 6.45) is 4.51. The van der Waals surface area contributed by atoms with E-state index in [-0.39, 0.29) is 0 Å². The highest BCUT2D eigenvalue weighted by Crippen LogP contribution is 2.24. The van der Waals surface area contributed by atoms with Gasteiger partial charge in [-0.25, -0.2) is 4.98 Å². The van der Waals surface area contributed by atoms with Crippen LogP contribution in [0.25, 0.3) is 22.2 Å². The van der Waals surface area contributed by atoms with Crippen molar-refractivity contribution in [2.45, 2.75) is 39.8 Å². The zero-order valence-corrected chi connectivity index (χ0v) is 13.2. The van der Waals surface area contributed by atoms with Crippen LogP contribution in [-0.2, 0) is 6.54 Å². The largest absolute Gasteiger partial charge is 0.385 e. The van der Waals surface area contributed by atoms with E-state index in [1.54, 1.807) is 6.92 Å². The number of imidazole rings is 1. The summed E-state index contributed by atoms with van der Waals surface area (Å²) in [5.74, 6) is 1.27. The van der Waals surface area contributed by atoms with Crippen LogP contribution in [0.1, 0.15) is 39.1 Å². The summed E-state index contributed by atoms with van der Waals surface area (Å²) in [4.78, 5) is 7.54. The molecule has 0 bridgehead atoms. The molecule has 3 aromatic rings. The lowest BCUT2D eigenvalue weighted by atomic mass is 10.1. The summed E-state index contributed by atoms with van der Waals surface area (Å²) in [5.41, 5.74) is 4.00. The first-order chi connectivity index (χ1) is 10.5. The highest BCUT2D eigenvalue weighted by molar-refractivity contribution is 5.81. The maximum atomic E-state index is 9.61. The van der Waals surface area contributed by atoms with Crippen molar-refractivity contribution < 1.29 is 5.11 Å². The summed E-state index contributed by atoms with van der Waals surface area (Å²) in [6, 6.07) is 6.06. The summed E-state index contributed by atoms with van der Waals surface area (Å²) in [6.45, 7) is 7.08. The fraction of sp³-hybridized carbons (Fsp3) is 0.412. The van der Waals surface area contributed by atoms with Gasteiger partial charge in [0, 0.05) is 18.3 Å². The van der Waals surface area contributed by atoms with Gasteiger partial charge >= 0.3 is 0 Å². The Morgan fingerprint density at radius 2 is 2.05 bits per heavy atom. The number of nitrogens with one attached hydrogen (secondary N) is 1. The number of rotatable bonds is 5. The van der Waals surface area contributed by atoms with Crippen LogP contribution in [0.4, 0.5) is 0 Å². The summed E-state index contributed by atoms with van der Waals surface area (Å²) in [5, 5.41) is 14.0. The average Bonchev–Trinajstić information content (AvgIpc) is 3.11. The smallest absolute Gasteiger partial charge is 0.135 e. The Labute approximate surface area is 130 Å². The molecule has 0 aliphatic rings. The van der Waals surface area contributed by atoms with E-state index in [9.17, 15) is 5.11 Å². The number of fused-ring (bicyclic) bond motifs is 1. The molecule has 2 aromatic heterocycles. The van der Waals surface area contributed by atoms with Crippen LogP contribution in [0.15, 0.2) is 30.6 Å². The third kappa shape index (κ3) is 3.04. The molecule has 0 spiro atoms. The molecule has 0 unspecified atom stereocenters. The molecule has 1 atom stereocenters. The lowest BCUT2D eigenvalue weighted by Gasteiger charge is -2.03. The summed E-state index contributed by atoms with van der Waals surface area (Å²) < 4.78 is 1.99. The average molecular weight is 298 g/mol. The number of hydrogen-bond acceptors (Lipinski definition) is 3. The van der Waals surface area contributed by atoms with E-state index in [1.165, 1.54) is 0 Å². The molecule has 2 N–H and O–H groups in total. The van der Waals surface area contributed by atoms with Crippen LogP contribution in [0.2, 0.25) is 0 Å². The molecule has 0 amide bonds. The molecule has 0 aliphatic heterocycles. The first-order valence-electron chi connectivity index (χ1n) is 7.73. The van der Waals surface area contributed by atoms with Gasteiger partial charge in [-0.15, -0.1) is 0 Å². The van der Waals surface area contributed by atoms with E-state index in [0.29, 0.717) is 11.7 Å². The van der Waals surface area contributed by atoms with Gasteiger partial charge in [-0.3, -0.25) is 4.68 Å². The molecule has 1 aromatic carbocycles. The molecule has 116 valence electrons. The maximum Gasteiger partial charge on any atom is 0.135 e. The van der Waals surface area contributed by atoms with E-state index in [2.05, 4.69) is 41.2 Å². The van der Waals surface area contributed by atoms with Crippen LogP contribution < -0.4 is 0 Å². The van der Waals surface area contributed by atoms with Crippen molar-refractivity contribution in [3.63, 3.8) is 0 Å². The second-order valence-electron chi connectivity index (χ2n) is 6.20.